The first-order chi connectivity index (χ1) is 15.2. The minimum Gasteiger partial charge on any atom is -0.354 e. The van der Waals surface area contributed by atoms with Crippen LogP contribution in [0.15, 0.2) is 47.4 Å². The van der Waals surface area contributed by atoms with Gasteiger partial charge in [0.05, 0.1) is 0 Å². The van der Waals surface area contributed by atoms with Crippen LogP contribution >= 0.6 is 46.6 Å². The van der Waals surface area contributed by atoms with Crippen LogP contribution in [0.3, 0.4) is 0 Å². The van der Waals surface area contributed by atoms with Gasteiger partial charge in [-0.25, -0.2) is 0 Å². The second kappa shape index (κ2) is 13.3. The van der Waals surface area contributed by atoms with Crippen molar-refractivity contribution in [2.24, 2.45) is 5.92 Å². The van der Waals surface area contributed by atoms with Crippen LogP contribution in [-0.4, -0.2) is 35.1 Å². The summed E-state index contributed by atoms with van der Waals surface area (Å²) in [5.41, 5.74) is 0.643. The van der Waals surface area contributed by atoms with E-state index in [0.717, 1.165) is 4.90 Å². The molecule has 0 aliphatic heterocycles. The monoisotopic (exact) mass is 514 g/mol. The van der Waals surface area contributed by atoms with Gasteiger partial charge in [-0.05, 0) is 48.7 Å². The first kappa shape index (κ1) is 26.8. The molecule has 1 atom stereocenters. The number of benzene rings is 2. The summed E-state index contributed by atoms with van der Waals surface area (Å²) >= 11 is 20.2. The summed E-state index contributed by atoms with van der Waals surface area (Å²) in [6.07, 6.45) is 0.769. The lowest BCUT2D eigenvalue weighted by atomic mass is 10.1. The summed E-state index contributed by atoms with van der Waals surface area (Å²) < 4.78 is 0. The quantitative estimate of drug-likeness (QED) is 0.338. The van der Waals surface area contributed by atoms with Gasteiger partial charge in [0.25, 0.3) is 0 Å². The van der Waals surface area contributed by atoms with Gasteiger partial charge >= 0.3 is 0 Å². The SMILES string of the molecule is CCC(C(=O)NCC(C)C)N(Cc1c(Cl)cccc1Cl)C(=O)CCSc1ccc(Cl)cc1. The molecule has 0 saturated carbocycles. The number of amides is 2. The van der Waals surface area contributed by atoms with Crippen molar-refractivity contribution in [3.05, 3.63) is 63.1 Å². The molecule has 0 radical (unpaired) electrons. The number of nitrogens with zero attached hydrogens (tertiary/aromatic N) is 1. The Balaban J connectivity index is 2.18. The summed E-state index contributed by atoms with van der Waals surface area (Å²) in [4.78, 5) is 28.8. The highest BCUT2D eigenvalue weighted by Gasteiger charge is 2.29. The van der Waals surface area contributed by atoms with Crippen molar-refractivity contribution >= 4 is 58.4 Å². The lowest BCUT2D eigenvalue weighted by Gasteiger charge is -2.31. The van der Waals surface area contributed by atoms with Crippen molar-refractivity contribution in [1.82, 2.24) is 10.2 Å². The van der Waals surface area contributed by atoms with Crippen molar-refractivity contribution in [1.29, 1.82) is 0 Å². The van der Waals surface area contributed by atoms with Gasteiger partial charge in [0.1, 0.15) is 6.04 Å². The van der Waals surface area contributed by atoms with Crippen LogP contribution in [0.2, 0.25) is 15.1 Å². The Morgan fingerprint density at radius 1 is 1.03 bits per heavy atom. The standard InChI is InChI=1S/C24H29Cl3N2O2S/c1-4-22(24(31)28-14-16(2)3)29(15-19-20(26)6-5-7-21(19)27)23(30)12-13-32-18-10-8-17(25)9-11-18/h5-11,16,22H,4,12-15H2,1-3H3,(H,28,31). The first-order valence-corrected chi connectivity index (χ1v) is 12.7. The first-order valence-electron chi connectivity index (χ1n) is 10.6. The van der Waals surface area contributed by atoms with Crippen molar-refractivity contribution < 1.29 is 9.59 Å². The second-order valence-electron chi connectivity index (χ2n) is 7.84. The Labute approximate surface area is 210 Å². The number of nitrogens with one attached hydrogen (secondary N) is 1. The van der Waals surface area contributed by atoms with E-state index in [1.54, 1.807) is 34.9 Å². The molecule has 1 N–H and O–H groups in total. The second-order valence-corrected chi connectivity index (χ2v) is 10.3. The molecule has 2 amide bonds. The maximum atomic E-state index is 13.3. The predicted octanol–water partition coefficient (Wildman–Crippen LogP) is 6.71. The molecule has 0 fully saturated rings. The molecule has 8 heteroatoms. The van der Waals surface area contributed by atoms with E-state index in [4.69, 9.17) is 34.8 Å². The van der Waals surface area contributed by atoms with Crippen molar-refractivity contribution in [2.45, 2.75) is 51.1 Å². The third-order valence-electron chi connectivity index (χ3n) is 4.86. The van der Waals surface area contributed by atoms with Crippen molar-refractivity contribution in [3.63, 3.8) is 0 Å². The molecule has 4 nitrogen and oxygen atoms in total. The number of halogens is 3. The minimum absolute atomic E-state index is 0.117. The van der Waals surface area contributed by atoms with E-state index in [1.165, 1.54) is 0 Å². The molecule has 0 aliphatic rings. The van der Waals surface area contributed by atoms with E-state index < -0.39 is 6.04 Å². The minimum atomic E-state index is -0.603. The zero-order chi connectivity index (χ0) is 23.7. The number of hydrogen-bond acceptors (Lipinski definition) is 3. The number of thioether (sulfide) groups is 1. The van der Waals surface area contributed by atoms with Crippen LogP contribution in [0.1, 0.15) is 39.2 Å². The van der Waals surface area contributed by atoms with E-state index in [2.05, 4.69) is 5.32 Å². The predicted molar refractivity (Wildman–Crippen MR) is 136 cm³/mol. The summed E-state index contributed by atoms with van der Waals surface area (Å²) in [6.45, 7) is 6.69. The molecular formula is C24H29Cl3N2O2S. The zero-order valence-electron chi connectivity index (χ0n) is 18.5. The Morgan fingerprint density at radius 2 is 1.66 bits per heavy atom. The third-order valence-corrected chi connectivity index (χ3v) is 6.83. The number of carbonyl (C=O) groups is 2. The van der Waals surface area contributed by atoms with Gasteiger partial charge < -0.3 is 10.2 Å². The molecular weight excluding hydrogens is 487 g/mol. The Kier molecular flexibility index (Phi) is 11.2. The largest absolute Gasteiger partial charge is 0.354 e. The van der Waals surface area contributed by atoms with E-state index in [-0.39, 0.29) is 24.8 Å². The maximum absolute atomic E-state index is 13.3. The zero-order valence-corrected chi connectivity index (χ0v) is 21.6. The van der Waals surface area contributed by atoms with Gasteiger partial charge in [-0.15, -0.1) is 11.8 Å². The van der Waals surface area contributed by atoms with Crippen LogP contribution in [0.25, 0.3) is 0 Å². The molecule has 0 heterocycles. The molecule has 0 aliphatic carbocycles. The van der Waals surface area contributed by atoms with Crippen molar-refractivity contribution in [3.8, 4) is 0 Å². The maximum Gasteiger partial charge on any atom is 0.242 e. The summed E-state index contributed by atoms with van der Waals surface area (Å²) in [5, 5.41) is 4.58. The molecule has 0 saturated heterocycles. The highest BCUT2D eigenvalue weighted by Crippen LogP contribution is 2.28. The van der Waals surface area contributed by atoms with E-state index in [0.29, 0.717) is 45.3 Å². The number of rotatable bonds is 11. The van der Waals surface area contributed by atoms with Gasteiger partial charge in [-0.2, -0.15) is 0 Å². The van der Waals surface area contributed by atoms with E-state index >= 15 is 0 Å². The van der Waals surface area contributed by atoms with Crippen LogP contribution in [0.4, 0.5) is 0 Å². The average Bonchev–Trinajstić information content (AvgIpc) is 2.75. The lowest BCUT2D eigenvalue weighted by molar-refractivity contribution is -0.141. The van der Waals surface area contributed by atoms with Gasteiger partial charge in [0.15, 0.2) is 0 Å². The Hall–Kier alpha value is -1.40. The number of carbonyl (C=O) groups excluding carboxylic acids is 2. The van der Waals surface area contributed by atoms with E-state index in [1.807, 2.05) is 45.0 Å². The molecule has 2 aromatic rings. The summed E-state index contributed by atoms with van der Waals surface area (Å²) in [6, 6.07) is 12.1. The fourth-order valence-corrected chi connectivity index (χ4v) is 4.61. The van der Waals surface area contributed by atoms with Crippen LogP contribution in [0, 0.1) is 5.92 Å². The van der Waals surface area contributed by atoms with Crippen molar-refractivity contribution in [2.75, 3.05) is 12.3 Å². The average molecular weight is 516 g/mol. The fourth-order valence-electron chi connectivity index (χ4n) is 3.13. The Morgan fingerprint density at radius 3 is 2.22 bits per heavy atom. The van der Waals surface area contributed by atoms with Gasteiger partial charge in [0.2, 0.25) is 11.8 Å². The topological polar surface area (TPSA) is 49.4 Å². The molecule has 0 bridgehead atoms. The van der Waals surface area contributed by atoms with Gasteiger partial charge in [0, 0.05) is 50.8 Å². The smallest absolute Gasteiger partial charge is 0.242 e. The molecule has 2 aromatic carbocycles. The Bertz CT molecular complexity index is 886. The summed E-state index contributed by atoms with van der Waals surface area (Å²) in [7, 11) is 0. The van der Waals surface area contributed by atoms with Gasteiger partial charge in [-0.3, -0.25) is 9.59 Å². The number of hydrogen-bond donors (Lipinski definition) is 1. The molecule has 1 unspecified atom stereocenters. The van der Waals surface area contributed by atoms with Crippen LogP contribution < -0.4 is 5.32 Å². The lowest BCUT2D eigenvalue weighted by Crippen LogP contribution is -2.49. The molecule has 2 rings (SSSR count). The molecule has 0 spiro atoms. The van der Waals surface area contributed by atoms with Gasteiger partial charge in [-0.1, -0.05) is 61.6 Å². The van der Waals surface area contributed by atoms with Crippen LogP contribution in [0.5, 0.6) is 0 Å². The molecule has 32 heavy (non-hydrogen) atoms. The highest BCUT2D eigenvalue weighted by molar-refractivity contribution is 7.99. The normalized spacial score (nSPS) is 12.0. The van der Waals surface area contributed by atoms with Crippen LogP contribution in [-0.2, 0) is 16.1 Å². The molecule has 0 aromatic heterocycles. The fraction of sp³-hybridized carbons (Fsp3) is 0.417. The highest BCUT2D eigenvalue weighted by atomic mass is 35.5. The van der Waals surface area contributed by atoms with E-state index in [9.17, 15) is 9.59 Å². The summed E-state index contributed by atoms with van der Waals surface area (Å²) in [5.74, 6) is 0.614. The third kappa shape index (κ3) is 8.18. The molecule has 174 valence electrons.